The summed E-state index contributed by atoms with van der Waals surface area (Å²) >= 11 is 0. The van der Waals surface area contributed by atoms with Crippen LogP contribution < -0.4 is 21.5 Å². The number of carbonyl (C=O) groups excluding carboxylic acids is 1. The Morgan fingerprint density at radius 2 is 2.25 bits per heavy atom. The first-order valence-electron chi connectivity index (χ1n) is 4.73. The van der Waals surface area contributed by atoms with Crippen molar-refractivity contribution in [1.29, 1.82) is 0 Å². The number of ether oxygens (including phenoxy) is 2. The summed E-state index contributed by atoms with van der Waals surface area (Å²) in [5.41, 5.74) is 11.9. The molecule has 0 aliphatic rings. The van der Waals surface area contributed by atoms with E-state index in [1.165, 1.54) is 0 Å². The second kappa shape index (κ2) is 5.69. The Morgan fingerprint density at radius 3 is 2.88 bits per heavy atom. The molecule has 16 heavy (non-hydrogen) atoms. The van der Waals surface area contributed by atoms with Gasteiger partial charge in [0.25, 0.3) is 0 Å². The van der Waals surface area contributed by atoms with E-state index in [0.29, 0.717) is 18.0 Å². The summed E-state index contributed by atoms with van der Waals surface area (Å²) in [6.07, 6.45) is -0.791. The molecular formula is C10H15N3O3. The van der Waals surface area contributed by atoms with Crippen molar-refractivity contribution in [2.75, 3.05) is 31.3 Å². The Balaban J connectivity index is 2.49. The van der Waals surface area contributed by atoms with E-state index in [1.54, 1.807) is 25.3 Å². The van der Waals surface area contributed by atoms with Crippen molar-refractivity contribution in [2.45, 2.75) is 0 Å². The highest BCUT2D eigenvalue weighted by atomic mass is 16.5. The Labute approximate surface area is 93.5 Å². The molecule has 0 atom stereocenters. The molecule has 0 heterocycles. The lowest BCUT2D eigenvalue weighted by atomic mass is 10.2. The Kier molecular flexibility index (Phi) is 4.26. The molecule has 1 aromatic rings. The fourth-order valence-corrected chi connectivity index (χ4v) is 1.15. The molecule has 0 aliphatic carbocycles. The molecule has 0 aromatic heterocycles. The van der Waals surface area contributed by atoms with E-state index in [9.17, 15) is 4.79 Å². The van der Waals surface area contributed by atoms with Gasteiger partial charge in [-0.15, -0.1) is 0 Å². The van der Waals surface area contributed by atoms with Crippen LogP contribution in [0.3, 0.4) is 0 Å². The van der Waals surface area contributed by atoms with Crippen molar-refractivity contribution in [1.82, 2.24) is 0 Å². The van der Waals surface area contributed by atoms with Crippen LogP contribution in [0.15, 0.2) is 18.2 Å². The second-order valence-electron chi connectivity index (χ2n) is 3.05. The third kappa shape index (κ3) is 3.56. The van der Waals surface area contributed by atoms with Gasteiger partial charge >= 0.3 is 6.09 Å². The highest BCUT2D eigenvalue weighted by Crippen LogP contribution is 2.23. The number of nitrogens with two attached hydrogens (primary N) is 2. The zero-order valence-electron chi connectivity index (χ0n) is 9.03. The molecule has 0 fully saturated rings. The van der Waals surface area contributed by atoms with Gasteiger partial charge in [0.1, 0.15) is 12.4 Å². The van der Waals surface area contributed by atoms with Gasteiger partial charge in [0.2, 0.25) is 0 Å². The number of primary amides is 1. The molecule has 0 radical (unpaired) electrons. The molecule has 1 amide bonds. The van der Waals surface area contributed by atoms with Crippen molar-refractivity contribution in [3.05, 3.63) is 18.2 Å². The smallest absolute Gasteiger partial charge is 0.404 e. The highest BCUT2D eigenvalue weighted by Gasteiger charge is 2.01. The number of nitrogens with one attached hydrogen (secondary N) is 1. The van der Waals surface area contributed by atoms with Crippen molar-refractivity contribution in [2.24, 2.45) is 5.73 Å². The molecule has 5 N–H and O–H groups in total. The van der Waals surface area contributed by atoms with E-state index in [4.69, 9.17) is 16.2 Å². The van der Waals surface area contributed by atoms with Crippen molar-refractivity contribution < 1.29 is 14.3 Å². The van der Waals surface area contributed by atoms with E-state index in [2.05, 4.69) is 10.1 Å². The normalized spacial score (nSPS) is 9.56. The third-order valence-corrected chi connectivity index (χ3v) is 1.92. The quantitative estimate of drug-likeness (QED) is 0.508. The van der Waals surface area contributed by atoms with Crippen LogP contribution >= 0.6 is 0 Å². The highest BCUT2D eigenvalue weighted by molar-refractivity contribution is 5.68. The average Bonchev–Trinajstić information content (AvgIpc) is 2.26. The van der Waals surface area contributed by atoms with Gasteiger partial charge < -0.3 is 26.3 Å². The van der Waals surface area contributed by atoms with Crippen molar-refractivity contribution >= 4 is 17.5 Å². The molecule has 6 nitrogen and oxygen atoms in total. The summed E-state index contributed by atoms with van der Waals surface area (Å²) < 4.78 is 9.62. The summed E-state index contributed by atoms with van der Waals surface area (Å²) in [4.78, 5) is 10.3. The van der Waals surface area contributed by atoms with Gasteiger partial charge in [-0.05, 0) is 12.1 Å². The molecule has 0 bridgehead atoms. The summed E-state index contributed by atoms with van der Waals surface area (Å²) in [5.74, 6) is 0.701. The van der Waals surface area contributed by atoms with Gasteiger partial charge in [-0.3, -0.25) is 0 Å². The maximum absolute atomic E-state index is 10.3. The Hall–Kier alpha value is -2.11. The zero-order chi connectivity index (χ0) is 12.0. The molecule has 1 rings (SSSR count). The molecule has 0 aliphatic heterocycles. The first kappa shape index (κ1) is 12.0. The van der Waals surface area contributed by atoms with E-state index < -0.39 is 6.09 Å². The van der Waals surface area contributed by atoms with Gasteiger partial charge in [0, 0.05) is 12.6 Å². The maximum atomic E-state index is 10.3. The van der Waals surface area contributed by atoms with Crippen LogP contribution in [0.5, 0.6) is 5.75 Å². The van der Waals surface area contributed by atoms with Gasteiger partial charge in [0.15, 0.2) is 0 Å². The number of hydrogen-bond donors (Lipinski definition) is 3. The van der Waals surface area contributed by atoms with Crippen LogP contribution in [0.25, 0.3) is 0 Å². The molecule has 0 saturated heterocycles. The SMILES string of the molecule is COc1ccc(N)c(NCCOC(N)=O)c1. The van der Waals surface area contributed by atoms with Crippen LogP contribution in [0, 0.1) is 0 Å². The number of benzene rings is 1. The van der Waals surface area contributed by atoms with Crippen LogP contribution in [-0.4, -0.2) is 26.4 Å². The first-order valence-corrected chi connectivity index (χ1v) is 4.73. The van der Waals surface area contributed by atoms with Gasteiger partial charge in [-0.2, -0.15) is 0 Å². The monoisotopic (exact) mass is 225 g/mol. The lowest BCUT2D eigenvalue weighted by molar-refractivity contribution is 0.161. The largest absolute Gasteiger partial charge is 0.497 e. The predicted molar refractivity (Wildman–Crippen MR) is 61.4 cm³/mol. The minimum Gasteiger partial charge on any atom is -0.497 e. The standard InChI is InChI=1S/C10H15N3O3/c1-15-7-2-3-8(11)9(6-7)13-4-5-16-10(12)14/h2-3,6,13H,4-5,11H2,1H3,(H2,12,14). The van der Waals surface area contributed by atoms with Gasteiger partial charge in [-0.1, -0.05) is 0 Å². The summed E-state index contributed by atoms with van der Waals surface area (Å²) in [6, 6.07) is 5.26. The number of rotatable bonds is 5. The third-order valence-electron chi connectivity index (χ3n) is 1.92. The number of hydrogen-bond acceptors (Lipinski definition) is 5. The van der Waals surface area contributed by atoms with E-state index >= 15 is 0 Å². The average molecular weight is 225 g/mol. The Morgan fingerprint density at radius 1 is 1.50 bits per heavy atom. The Bertz CT molecular complexity index is 368. The van der Waals surface area contributed by atoms with Crippen LogP contribution in [-0.2, 0) is 4.74 Å². The number of nitrogen functional groups attached to an aromatic ring is 1. The lowest BCUT2D eigenvalue weighted by Crippen LogP contribution is -2.18. The fourth-order valence-electron chi connectivity index (χ4n) is 1.15. The molecule has 88 valence electrons. The first-order chi connectivity index (χ1) is 7.63. The molecule has 0 unspecified atom stereocenters. The van der Waals surface area contributed by atoms with E-state index in [-0.39, 0.29) is 6.61 Å². The molecular weight excluding hydrogens is 210 g/mol. The number of carbonyl (C=O) groups is 1. The zero-order valence-corrected chi connectivity index (χ0v) is 9.03. The summed E-state index contributed by atoms with van der Waals surface area (Å²) in [5, 5.41) is 3.01. The topological polar surface area (TPSA) is 99.6 Å². The van der Waals surface area contributed by atoms with Crippen molar-refractivity contribution in [3.8, 4) is 5.75 Å². The van der Waals surface area contributed by atoms with E-state index in [0.717, 1.165) is 5.69 Å². The molecule has 0 saturated carbocycles. The number of methoxy groups -OCH3 is 1. The van der Waals surface area contributed by atoms with Gasteiger partial charge in [0.05, 0.1) is 18.5 Å². The van der Waals surface area contributed by atoms with E-state index in [1.807, 2.05) is 0 Å². The van der Waals surface area contributed by atoms with Crippen molar-refractivity contribution in [3.63, 3.8) is 0 Å². The predicted octanol–water partition coefficient (Wildman–Crippen LogP) is 0.785. The van der Waals surface area contributed by atoms with Gasteiger partial charge in [-0.25, -0.2) is 4.79 Å². The number of amides is 1. The minimum atomic E-state index is -0.791. The maximum Gasteiger partial charge on any atom is 0.404 e. The van der Waals surface area contributed by atoms with Crippen LogP contribution in [0.2, 0.25) is 0 Å². The molecule has 0 spiro atoms. The second-order valence-corrected chi connectivity index (χ2v) is 3.05. The van der Waals surface area contributed by atoms with Crippen LogP contribution in [0.4, 0.5) is 16.2 Å². The summed E-state index contributed by atoms with van der Waals surface area (Å²) in [7, 11) is 1.57. The summed E-state index contributed by atoms with van der Waals surface area (Å²) in [6.45, 7) is 0.617. The van der Waals surface area contributed by atoms with Crippen LogP contribution in [0.1, 0.15) is 0 Å². The molecule has 1 aromatic carbocycles. The molecule has 6 heteroatoms. The minimum absolute atomic E-state index is 0.186. The fraction of sp³-hybridized carbons (Fsp3) is 0.300. The lowest BCUT2D eigenvalue weighted by Gasteiger charge is -2.10. The number of anilines is 2.